The lowest BCUT2D eigenvalue weighted by Crippen LogP contribution is -2.52. The van der Waals surface area contributed by atoms with Gasteiger partial charge < -0.3 is 5.02 Å². The second kappa shape index (κ2) is 7.50. The Bertz CT molecular complexity index is 956. The van der Waals surface area contributed by atoms with Crippen LogP contribution >= 0.6 is 23.2 Å². The van der Waals surface area contributed by atoms with Gasteiger partial charge in [0, 0.05) is 5.03 Å². The largest absolute Gasteiger partial charge is 0.474 e. The van der Waals surface area contributed by atoms with Crippen molar-refractivity contribution in [1.82, 2.24) is 4.92 Å². The number of nitrogens with zero attached hydrogens (tertiary/aromatic N) is 2. The Kier molecular flexibility index (Phi) is 5.32. The van der Waals surface area contributed by atoms with Crippen molar-refractivity contribution >= 4 is 53.4 Å². The second-order valence-electron chi connectivity index (χ2n) is 5.77. The van der Waals surface area contributed by atoms with Gasteiger partial charge in [0.15, 0.2) is 0 Å². The molecule has 1 aliphatic heterocycles. The van der Waals surface area contributed by atoms with Crippen LogP contribution in [0.25, 0.3) is 5.57 Å². The van der Waals surface area contributed by atoms with Crippen LogP contribution in [0.2, 0.25) is 5.02 Å². The van der Waals surface area contributed by atoms with E-state index in [9.17, 15) is 9.82 Å². The predicted molar refractivity (Wildman–Crippen MR) is 108 cm³/mol. The molecule has 0 saturated heterocycles. The Balaban J connectivity index is 1.96. The van der Waals surface area contributed by atoms with E-state index < -0.39 is 13.0 Å². The van der Waals surface area contributed by atoms with E-state index in [1.807, 2.05) is 19.1 Å². The summed E-state index contributed by atoms with van der Waals surface area (Å²) in [5.41, 5.74) is 3.32. The molecule has 2 aromatic carbocycles. The number of carbonyl (C=O) groups excluding carboxylic acids is 1. The molecule has 1 amide bonds. The third kappa shape index (κ3) is 3.34. The van der Waals surface area contributed by atoms with Gasteiger partial charge in [0.25, 0.3) is 5.91 Å². The molecule has 0 bridgehead atoms. The summed E-state index contributed by atoms with van der Waals surface area (Å²) in [5.74, 6) is -0.472. The first-order valence-corrected chi connectivity index (χ1v) is 8.63. The van der Waals surface area contributed by atoms with E-state index in [1.165, 1.54) is 6.21 Å². The average molecular weight is 385 g/mol. The highest BCUT2D eigenvalue weighted by Gasteiger charge is 2.34. The van der Waals surface area contributed by atoms with Crippen LogP contribution in [0.1, 0.15) is 28.4 Å². The first-order valence-electron chi connectivity index (χ1n) is 7.87. The van der Waals surface area contributed by atoms with Crippen LogP contribution in [0.4, 0.5) is 0 Å². The molecule has 4 nitrogen and oxygen atoms in total. The normalized spacial score (nSPS) is 14.0. The van der Waals surface area contributed by atoms with Gasteiger partial charge in [-0.15, -0.1) is 0 Å². The highest BCUT2D eigenvalue weighted by Crippen LogP contribution is 2.23. The monoisotopic (exact) mass is 384 g/mol. The van der Waals surface area contributed by atoms with Gasteiger partial charge in [0.2, 0.25) is 0 Å². The minimum Gasteiger partial charge on any atom is -0.427 e. The molecule has 0 aromatic heterocycles. The van der Waals surface area contributed by atoms with Gasteiger partial charge in [-0.1, -0.05) is 60.1 Å². The fraction of sp³-hybridized carbons (Fsp3) is 0.0526. The smallest absolute Gasteiger partial charge is 0.427 e. The van der Waals surface area contributed by atoms with Crippen molar-refractivity contribution in [2.45, 2.75) is 6.92 Å². The lowest BCUT2D eigenvalue weighted by atomic mass is 9.69. The van der Waals surface area contributed by atoms with Gasteiger partial charge in [0.1, 0.15) is 0 Å². The summed E-state index contributed by atoms with van der Waals surface area (Å²) in [6.45, 7) is 5.55. The lowest BCUT2D eigenvalue weighted by Gasteiger charge is -2.25. The van der Waals surface area contributed by atoms with E-state index in [4.69, 9.17) is 23.2 Å². The summed E-state index contributed by atoms with van der Waals surface area (Å²) in [6, 6.07) is 12.1. The molecule has 0 spiro atoms. The minimum absolute atomic E-state index is 0.280. The fourth-order valence-electron chi connectivity index (χ4n) is 2.69. The molecule has 0 radical (unpaired) electrons. The summed E-state index contributed by atoms with van der Waals surface area (Å²) in [4.78, 5) is 13.7. The molecule has 2 aromatic rings. The maximum absolute atomic E-state index is 12.7. The average Bonchev–Trinajstić information content (AvgIpc) is 2.66. The second-order valence-corrected chi connectivity index (χ2v) is 6.58. The van der Waals surface area contributed by atoms with Crippen LogP contribution in [0.5, 0.6) is 0 Å². The Hall–Kier alpha value is -2.34. The van der Waals surface area contributed by atoms with E-state index in [1.54, 1.807) is 36.4 Å². The molecule has 1 aliphatic rings. The van der Waals surface area contributed by atoms with Gasteiger partial charge in [0.05, 0.1) is 16.8 Å². The third-order valence-electron chi connectivity index (χ3n) is 4.20. The summed E-state index contributed by atoms with van der Waals surface area (Å²) in [7, 11) is -1.20. The van der Waals surface area contributed by atoms with Crippen molar-refractivity contribution in [2.24, 2.45) is 5.10 Å². The molecule has 1 N–H and O–H groups in total. The Morgan fingerprint density at radius 1 is 1.31 bits per heavy atom. The van der Waals surface area contributed by atoms with Crippen LogP contribution in [-0.4, -0.2) is 29.1 Å². The fourth-order valence-corrected chi connectivity index (χ4v) is 3.01. The molecule has 1 heterocycles. The van der Waals surface area contributed by atoms with E-state index in [0.29, 0.717) is 21.1 Å². The van der Waals surface area contributed by atoms with Gasteiger partial charge in [-0.3, -0.25) is 4.79 Å². The van der Waals surface area contributed by atoms with Crippen LogP contribution in [-0.2, 0) is 0 Å². The zero-order chi connectivity index (χ0) is 18.8. The quantitative estimate of drug-likeness (QED) is 0.648. The van der Waals surface area contributed by atoms with Crippen LogP contribution in [0.15, 0.2) is 65.3 Å². The zero-order valence-corrected chi connectivity index (χ0v) is 15.5. The van der Waals surface area contributed by atoms with Crippen molar-refractivity contribution in [1.29, 1.82) is 0 Å². The number of hydrazone groups is 1. The van der Waals surface area contributed by atoms with E-state index in [0.717, 1.165) is 16.1 Å². The molecule has 0 fully saturated rings. The molecule has 26 heavy (non-hydrogen) atoms. The number of carbonyl (C=O) groups is 1. The number of rotatable bonds is 3. The molecule has 0 unspecified atom stereocenters. The number of benzene rings is 2. The Morgan fingerprint density at radius 2 is 2.04 bits per heavy atom. The van der Waals surface area contributed by atoms with Crippen molar-refractivity contribution in [3.8, 4) is 0 Å². The number of amides is 1. The summed E-state index contributed by atoms with van der Waals surface area (Å²) < 4.78 is 0. The topological polar surface area (TPSA) is 52.9 Å². The summed E-state index contributed by atoms with van der Waals surface area (Å²) >= 11 is 12.2. The van der Waals surface area contributed by atoms with Gasteiger partial charge in [-0.05, 0) is 47.3 Å². The maximum atomic E-state index is 12.7. The highest BCUT2D eigenvalue weighted by molar-refractivity contribution is 6.68. The van der Waals surface area contributed by atoms with Crippen LogP contribution in [0, 0.1) is 0 Å². The lowest BCUT2D eigenvalue weighted by molar-refractivity contribution is 0.0846. The molecule has 130 valence electrons. The van der Waals surface area contributed by atoms with E-state index in [2.05, 4.69) is 11.7 Å². The third-order valence-corrected chi connectivity index (χ3v) is 4.97. The van der Waals surface area contributed by atoms with Crippen molar-refractivity contribution in [3.05, 3.63) is 81.9 Å². The van der Waals surface area contributed by atoms with Crippen molar-refractivity contribution in [3.63, 3.8) is 0 Å². The van der Waals surface area contributed by atoms with Crippen molar-refractivity contribution in [2.75, 3.05) is 0 Å². The number of hydrogen-bond acceptors (Lipinski definition) is 3. The first kappa shape index (κ1) is 18.5. The van der Waals surface area contributed by atoms with Crippen molar-refractivity contribution < 1.29 is 9.82 Å². The Labute approximate surface area is 162 Å². The molecule has 0 saturated carbocycles. The number of hydrogen-bond donors (Lipinski definition) is 1. The minimum atomic E-state index is -1.20. The standard InChI is InChI=1S/C19H15BCl2N2O2/c1-3-17(21)12(2)13-8-9-16-14(10-13)11-23-24(20(16)26)19(25)15-6-4-5-7-18(15)22/h3-11,26H,1H2,2H3/b17-12-. The predicted octanol–water partition coefficient (Wildman–Crippen LogP) is 3.67. The SMILES string of the molecule is C=C/C(Cl)=C(\C)c1ccc2c(c1)C=NN(C(=O)c1ccccc1Cl)B2O. The van der Waals surface area contributed by atoms with Gasteiger partial charge >= 0.3 is 7.05 Å². The zero-order valence-electron chi connectivity index (χ0n) is 14.0. The highest BCUT2D eigenvalue weighted by atomic mass is 35.5. The molecule has 3 rings (SSSR count). The molecular weight excluding hydrogens is 370 g/mol. The molecule has 0 aliphatic carbocycles. The molecular formula is C19H15BCl2N2O2. The van der Waals surface area contributed by atoms with Crippen LogP contribution in [0.3, 0.4) is 0 Å². The Morgan fingerprint density at radius 3 is 2.73 bits per heavy atom. The van der Waals surface area contributed by atoms with E-state index >= 15 is 0 Å². The van der Waals surface area contributed by atoms with Crippen LogP contribution < -0.4 is 5.46 Å². The van der Waals surface area contributed by atoms with Gasteiger partial charge in [-0.25, -0.2) is 4.92 Å². The number of allylic oxidation sites excluding steroid dienone is 3. The maximum Gasteiger partial charge on any atom is 0.474 e. The summed E-state index contributed by atoms with van der Waals surface area (Å²) in [5, 5.41) is 15.6. The number of halogens is 2. The summed E-state index contributed by atoms with van der Waals surface area (Å²) in [6.07, 6.45) is 3.11. The van der Waals surface area contributed by atoms with E-state index in [-0.39, 0.29) is 5.56 Å². The molecule has 7 heteroatoms. The number of fused-ring (bicyclic) bond motifs is 1. The molecule has 0 atom stereocenters. The first-order chi connectivity index (χ1) is 12.4. The van der Waals surface area contributed by atoms with Gasteiger partial charge in [-0.2, -0.15) is 5.10 Å².